The summed E-state index contributed by atoms with van der Waals surface area (Å²) in [6.45, 7) is 2.22. The molecule has 0 saturated heterocycles. The first kappa shape index (κ1) is 14.4. The Labute approximate surface area is 108 Å². The highest BCUT2D eigenvalue weighted by Crippen LogP contribution is 2.29. The zero-order valence-corrected chi connectivity index (χ0v) is 11.3. The van der Waals surface area contributed by atoms with Crippen LogP contribution in [-0.4, -0.2) is 15.4 Å². The second-order valence-corrected chi connectivity index (χ2v) is 5.49. The molecule has 0 fully saturated rings. The van der Waals surface area contributed by atoms with Gasteiger partial charge < -0.3 is 0 Å². The lowest BCUT2D eigenvalue weighted by Crippen LogP contribution is -2.30. The molecule has 1 aliphatic rings. The predicted octanol–water partition coefficient (Wildman–Crippen LogP) is 4.16. The van der Waals surface area contributed by atoms with Gasteiger partial charge in [0.05, 0.1) is 6.20 Å². The van der Waals surface area contributed by atoms with Gasteiger partial charge in [-0.15, -0.1) is 11.8 Å². The fourth-order valence-corrected chi connectivity index (χ4v) is 2.93. The molecule has 1 atom stereocenters. The van der Waals surface area contributed by atoms with Crippen LogP contribution in [0.3, 0.4) is 0 Å². The molecule has 0 aliphatic carbocycles. The lowest BCUT2D eigenvalue weighted by atomic mass is 10.1. The van der Waals surface area contributed by atoms with Crippen LogP contribution in [0.1, 0.15) is 58.3 Å². The molecule has 0 radical (unpaired) electrons. The van der Waals surface area contributed by atoms with Gasteiger partial charge in [-0.05, 0) is 11.8 Å². The van der Waals surface area contributed by atoms with Crippen LogP contribution in [0.4, 0.5) is 0 Å². The van der Waals surface area contributed by atoms with E-state index in [2.05, 4.69) is 6.92 Å². The van der Waals surface area contributed by atoms with Gasteiger partial charge in [0, 0.05) is 0 Å². The highest BCUT2D eigenvalue weighted by Gasteiger charge is 2.27. The number of thioether (sulfide) groups is 1. The quantitative estimate of drug-likeness (QED) is 0.354. The smallest absolute Gasteiger partial charge is 0.165 e. The molecule has 1 heterocycles. The molecule has 1 unspecified atom stereocenters. The lowest BCUT2D eigenvalue weighted by molar-refractivity contribution is -0.642. The van der Waals surface area contributed by atoms with Crippen molar-refractivity contribution in [2.45, 2.75) is 63.7 Å². The first-order valence-electron chi connectivity index (χ1n) is 6.50. The molecule has 0 amide bonds. The van der Waals surface area contributed by atoms with Crippen molar-refractivity contribution in [2.24, 2.45) is 0 Å². The second kappa shape index (κ2) is 8.39. The zero-order valence-electron chi connectivity index (χ0n) is 10.5. The maximum Gasteiger partial charge on any atom is 0.165 e. The van der Waals surface area contributed by atoms with Crippen LogP contribution in [0.25, 0.3) is 0 Å². The molecular formula is C12H22N2O2S. The maximum absolute atomic E-state index is 10.7. The van der Waals surface area contributed by atoms with E-state index in [4.69, 9.17) is 0 Å². The number of unbranched alkanes of at least 4 members (excludes halogenated alkanes) is 6. The van der Waals surface area contributed by atoms with E-state index in [9.17, 15) is 10.1 Å². The highest BCUT2D eigenvalue weighted by atomic mass is 32.2. The van der Waals surface area contributed by atoms with Crippen LogP contribution in [-0.2, 0) is 0 Å². The van der Waals surface area contributed by atoms with E-state index in [0.717, 1.165) is 12.8 Å². The molecule has 5 heteroatoms. The summed E-state index contributed by atoms with van der Waals surface area (Å²) in [6.07, 6.45) is 11.3. The SMILES string of the molecule is CCCCCCCCCC1SC=CN1[N+](=O)[O-]. The minimum atomic E-state index is -0.317. The van der Waals surface area contributed by atoms with Gasteiger partial charge >= 0.3 is 0 Å². The van der Waals surface area contributed by atoms with Crippen molar-refractivity contribution < 1.29 is 5.03 Å². The Hall–Kier alpha value is -0.710. The topological polar surface area (TPSA) is 46.4 Å². The Balaban J connectivity index is 2.01. The molecule has 0 aromatic carbocycles. The van der Waals surface area contributed by atoms with Crippen LogP contribution in [0.2, 0.25) is 0 Å². The van der Waals surface area contributed by atoms with Crippen LogP contribution in [0.5, 0.6) is 0 Å². The molecule has 98 valence electrons. The Morgan fingerprint density at radius 2 is 1.88 bits per heavy atom. The molecule has 1 aliphatic heterocycles. The Bertz CT molecular complexity index is 259. The van der Waals surface area contributed by atoms with Crippen LogP contribution < -0.4 is 0 Å². The Morgan fingerprint density at radius 1 is 1.24 bits per heavy atom. The third kappa shape index (κ3) is 5.44. The van der Waals surface area contributed by atoms with E-state index in [1.54, 1.807) is 18.0 Å². The highest BCUT2D eigenvalue weighted by molar-refractivity contribution is 8.02. The number of hydrogen-bond donors (Lipinski definition) is 0. The maximum atomic E-state index is 10.7. The monoisotopic (exact) mass is 258 g/mol. The van der Waals surface area contributed by atoms with Gasteiger partial charge in [-0.3, -0.25) is 0 Å². The van der Waals surface area contributed by atoms with Crippen molar-refractivity contribution in [1.82, 2.24) is 5.01 Å². The summed E-state index contributed by atoms with van der Waals surface area (Å²) < 4.78 is 0. The summed E-state index contributed by atoms with van der Waals surface area (Å²) >= 11 is 1.55. The largest absolute Gasteiger partial charge is 0.234 e. The van der Waals surface area contributed by atoms with Crippen LogP contribution in [0.15, 0.2) is 11.6 Å². The van der Waals surface area contributed by atoms with Crippen molar-refractivity contribution in [2.75, 3.05) is 0 Å². The van der Waals surface area contributed by atoms with Crippen molar-refractivity contribution in [3.63, 3.8) is 0 Å². The van der Waals surface area contributed by atoms with Gasteiger partial charge in [0.15, 0.2) is 5.03 Å². The van der Waals surface area contributed by atoms with Crippen molar-refractivity contribution >= 4 is 11.8 Å². The summed E-state index contributed by atoms with van der Waals surface area (Å²) in [5.41, 5.74) is 0. The minimum absolute atomic E-state index is 0.0145. The van der Waals surface area contributed by atoms with Gasteiger partial charge in [-0.1, -0.05) is 56.9 Å². The van der Waals surface area contributed by atoms with Crippen molar-refractivity contribution in [3.05, 3.63) is 21.7 Å². The summed E-state index contributed by atoms with van der Waals surface area (Å²) in [6, 6.07) is 0. The molecule has 0 aromatic rings. The van der Waals surface area contributed by atoms with E-state index in [1.807, 2.05) is 5.41 Å². The van der Waals surface area contributed by atoms with E-state index in [0.29, 0.717) is 0 Å². The second-order valence-electron chi connectivity index (χ2n) is 4.40. The fourth-order valence-electron chi connectivity index (χ4n) is 1.98. The molecular weight excluding hydrogens is 236 g/mol. The number of rotatable bonds is 9. The molecule has 0 aromatic heterocycles. The molecule has 0 bridgehead atoms. The molecule has 1 rings (SSSR count). The normalized spacial score (nSPS) is 18.9. The fraction of sp³-hybridized carbons (Fsp3) is 0.833. The lowest BCUT2D eigenvalue weighted by Gasteiger charge is -2.14. The summed E-state index contributed by atoms with van der Waals surface area (Å²) in [7, 11) is 0. The Kier molecular flexibility index (Phi) is 7.08. The van der Waals surface area contributed by atoms with E-state index in [-0.39, 0.29) is 10.4 Å². The van der Waals surface area contributed by atoms with E-state index in [1.165, 1.54) is 43.5 Å². The van der Waals surface area contributed by atoms with E-state index >= 15 is 0 Å². The molecule has 4 nitrogen and oxygen atoms in total. The predicted molar refractivity (Wildman–Crippen MR) is 72.0 cm³/mol. The molecule has 0 saturated carbocycles. The van der Waals surface area contributed by atoms with Crippen LogP contribution in [0, 0.1) is 10.1 Å². The minimum Gasteiger partial charge on any atom is -0.234 e. The van der Waals surface area contributed by atoms with Crippen molar-refractivity contribution in [1.29, 1.82) is 0 Å². The number of hydrogen-bond acceptors (Lipinski definition) is 3. The summed E-state index contributed by atoms with van der Waals surface area (Å²) in [5, 5.41) is 13.4. The number of hydrazine groups is 1. The molecule has 17 heavy (non-hydrogen) atoms. The van der Waals surface area contributed by atoms with E-state index < -0.39 is 0 Å². The number of nitrogens with zero attached hydrogens (tertiary/aromatic N) is 2. The van der Waals surface area contributed by atoms with Gasteiger partial charge in [0.25, 0.3) is 0 Å². The molecule has 0 spiro atoms. The zero-order chi connectivity index (χ0) is 12.5. The first-order valence-corrected chi connectivity index (χ1v) is 7.44. The summed E-state index contributed by atoms with van der Waals surface area (Å²) in [4.78, 5) is 10.7. The van der Waals surface area contributed by atoms with Gasteiger partial charge in [0.2, 0.25) is 0 Å². The van der Waals surface area contributed by atoms with Crippen molar-refractivity contribution in [3.8, 4) is 0 Å². The van der Waals surface area contributed by atoms with Gasteiger partial charge in [-0.25, -0.2) is 10.1 Å². The summed E-state index contributed by atoms with van der Waals surface area (Å²) in [5.74, 6) is 0. The van der Waals surface area contributed by atoms with Gasteiger partial charge in [0.1, 0.15) is 5.37 Å². The third-order valence-electron chi connectivity index (χ3n) is 2.99. The van der Waals surface area contributed by atoms with Gasteiger partial charge in [-0.2, -0.15) is 0 Å². The number of nitro groups is 1. The Morgan fingerprint density at radius 3 is 2.53 bits per heavy atom. The first-order chi connectivity index (χ1) is 8.25. The average Bonchev–Trinajstić information content (AvgIpc) is 2.76. The molecule has 0 N–H and O–H groups in total. The average molecular weight is 258 g/mol. The standard InChI is InChI=1S/C12H22N2O2S/c1-2-3-4-5-6-7-8-9-12-13(14(15)16)10-11-17-12/h10-12H,2-9H2,1H3. The third-order valence-corrected chi connectivity index (χ3v) is 4.03. The van der Waals surface area contributed by atoms with Crippen LogP contribution >= 0.6 is 11.8 Å².